The van der Waals surface area contributed by atoms with Gasteiger partial charge < -0.3 is 14.7 Å². The molecule has 2 N–H and O–H groups in total. The summed E-state index contributed by atoms with van der Waals surface area (Å²) >= 11 is 0. The highest BCUT2D eigenvalue weighted by atomic mass is 32.2. The Labute approximate surface area is 140 Å². The van der Waals surface area contributed by atoms with Crippen molar-refractivity contribution in [1.29, 1.82) is 0 Å². The van der Waals surface area contributed by atoms with E-state index in [0.717, 1.165) is 5.56 Å². The molecule has 1 aliphatic heterocycles. The van der Waals surface area contributed by atoms with Crippen molar-refractivity contribution in [3.8, 4) is 0 Å². The summed E-state index contributed by atoms with van der Waals surface area (Å²) < 4.78 is 30.6. The van der Waals surface area contributed by atoms with Crippen LogP contribution in [-0.4, -0.2) is 63.1 Å². The summed E-state index contributed by atoms with van der Waals surface area (Å²) in [5, 5.41) is 8.94. The van der Waals surface area contributed by atoms with Crippen LogP contribution in [0.4, 0.5) is 0 Å². The number of rotatable bonds is 6. The number of hydrogen-bond acceptors (Lipinski definition) is 5. The van der Waals surface area contributed by atoms with Gasteiger partial charge in [0.05, 0.1) is 18.0 Å². The molecule has 2 rings (SSSR count). The lowest BCUT2D eigenvalue weighted by Gasteiger charge is -2.31. The van der Waals surface area contributed by atoms with Gasteiger partial charge in [0, 0.05) is 13.0 Å². The molecule has 0 aliphatic carbocycles. The number of carboxylic acids is 1. The first-order valence-electron chi connectivity index (χ1n) is 7.48. The molecule has 1 heterocycles. The standard InChI is InChI=1S/C15H20N2O6S/c1-16-24(21,22)12-5-2-11(3-6-12)4-7-14(18)17-8-9-23-13(10-17)15(19)20/h2-3,5-6,13,16H,4,7-10H2,1H3,(H,19,20)/t13-/m1/s1. The van der Waals surface area contributed by atoms with E-state index in [-0.39, 0.29) is 30.4 Å². The second kappa shape index (κ2) is 7.73. The molecule has 24 heavy (non-hydrogen) atoms. The van der Waals surface area contributed by atoms with Gasteiger partial charge in [-0.1, -0.05) is 12.1 Å². The van der Waals surface area contributed by atoms with Gasteiger partial charge in [-0.3, -0.25) is 4.79 Å². The number of carbonyl (C=O) groups excluding carboxylic acids is 1. The van der Waals surface area contributed by atoms with Crippen molar-refractivity contribution in [3.05, 3.63) is 29.8 Å². The Morgan fingerprint density at radius 2 is 2.00 bits per heavy atom. The first-order valence-corrected chi connectivity index (χ1v) is 8.96. The smallest absolute Gasteiger partial charge is 0.334 e. The van der Waals surface area contributed by atoms with Gasteiger partial charge in [0.15, 0.2) is 6.10 Å². The maximum absolute atomic E-state index is 12.2. The Hall–Kier alpha value is -1.97. The van der Waals surface area contributed by atoms with Crippen LogP contribution in [0.3, 0.4) is 0 Å². The van der Waals surface area contributed by atoms with Gasteiger partial charge in [-0.2, -0.15) is 0 Å². The number of morpholine rings is 1. The Morgan fingerprint density at radius 1 is 1.33 bits per heavy atom. The highest BCUT2D eigenvalue weighted by Gasteiger charge is 2.28. The van der Waals surface area contributed by atoms with Crippen LogP contribution in [0.25, 0.3) is 0 Å². The average molecular weight is 356 g/mol. The minimum atomic E-state index is -3.47. The zero-order valence-corrected chi connectivity index (χ0v) is 14.1. The molecule has 1 aromatic carbocycles. The molecule has 0 unspecified atom stereocenters. The van der Waals surface area contributed by atoms with E-state index in [9.17, 15) is 18.0 Å². The molecule has 9 heteroatoms. The Balaban J connectivity index is 1.91. The number of ether oxygens (including phenoxy) is 1. The highest BCUT2D eigenvalue weighted by molar-refractivity contribution is 7.89. The number of hydrogen-bond donors (Lipinski definition) is 2. The van der Waals surface area contributed by atoms with Gasteiger partial charge in [0.1, 0.15) is 0 Å². The van der Waals surface area contributed by atoms with E-state index in [1.54, 1.807) is 12.1 Å². The summed E-state index contributed by atoms with van der Waals surface area (Å²) in [4.78, 5) is 24.8. The van der Waals surface area contributed by atoms with E-state index < -0.39 is 22.1 Å². The SMILES string of the molecule is CNS(=O)(=O)c1ccc(CCC(=O)N2CCO[C@@H](C(=O)O)C2)cc1. The van der Waals surface area contributed by atoms with E-state index in [0.29, 0.717) is 13.0 Å². The van der Waals surface area contributed by atoms with Gasteiger partial charge in [-0.25, -0.2) is 17.9 Å². The van der Waals surface area contributed by atoms with Crippen molar-refractivity contribution >= 4 is 21.9 Å². The first kappa shape index (κ1) is 18.4. The lowest BCUT2D eigenvalue weighted by Crippen LogP contribution is -2.48. The van der Waals surface area contributed by atoms with Crippen molar-refractivity contribution < 1.29 is 27.9 Å². The molecule has 0 spiro atoms. The van der Waals surface area contributed by atoms with Crippen LogP contribution in [0.15, 0.2) is 29.2 Å². The van der Waals surface area contributed by atoms with Crippen LogP contribution in [0.2, 0.25) is 0 Å². The topological polar surface area (TPSA) is 113 Å². The Kier molecular flexibility index (Phi) is 5.92. The van der Waals surface area contributed by atoms with E-state index in [2.05, 4.69) is 4.72 Å². The molecule has 1 aromatic rings. The monoisotopic (exact) mass is 356 g/mol. The van der Waals surface area contributed by atoms with Crippen LogP contribution >= 0.6 is 0 Å². The fraction of sp³-hybridized carbons (Fsp3) is 0.467. The Bertz CT molecular complexity index is 701. The molecule has 0 saturated carbocycles. The van der Waals surface area contributed by atoms with E-state index in [1.165, 1.54) is 24.1 Å². The molecule has 1 saturated heterocycles. The number of amides is 1. The molecule has 0 aromatic heterocycles. The number of aryl methyl sites for hydroxylation is 1. The van der Waals surface area contributed by atoms with Crippen LogP contribution in [0.5, 0.6) is 0 Å². The second-order valence-electron chi connectivity index (χ2n) is 5.39. The summed E-state index contributed by atoms with van der Waals surface area (Å²) in [6, 6.07) is 6.30. The number of carboxylic acid groups (broad SMARTS) is 1. The second-order valence-corrected chi connectivity index (χ2v) is 7.28. The van der Waals surface area contributed by atoms with Crippen LogP contribution in [0, 0.1) is 0 Å². The Morgan fingerprint density at radius 3 is 2.58 bits per heavy atom. The largest absolute Gasteiger partial charge is 0.479 e. The summed E-state index contributed by atoms with van der Waals surface area (Å²) in [6.07, 6.45) is -0.299. The number of carbonyl (C=O) groups is 2. The average Bonchev–Trinajstić information content (AvgIpc) is 2.60. The van der Waals surface area contributed by atoms with E-state index in [1.807, 2.05) is 0 Å². The number of benzene rings is 1. The predicted octanol–water partition coefficient (Wildman–Crippen LogP) is -0.161. The number of sulfonamides is 1. The molecule has 8 nitrogen and oxygen atoms in total. The molecule has 132 valence electrons. The normalized spacial score (nSPS) is 18.4. The summed E-state index contributed by atoms with van der Waals surface area (Å²) in [5.41, 5.74) is 0.835. The predicted molar refractivity (Wildman–Crippen MR) is 85.0 cm³/mol. The molecule has 1 amide bonds. The summed E-state index contributed by atoms with van der Waals surface area (Å²) in [5.74, 6) is -1.22. The fourth-order valence-electron chi connectivity index (χ4n) is 2.39. The molecule has 1 aliphatic rings. The quantitative estimate of drug-likeness (QED) is 0.732. The van der Waals surface area contributed by atoms with E-state index >= 15 is 0 Å². The van der Waals surface area contributed by atoms with E-state index in [4.69, 9.17) is 9.84 Å². The van der Waals surface area contributed by atoms with Crippen molar-refractivity contribution in [2.75, 3.05) is 26.7 Å². The zero-order chi connectivity index (χ0) is 17.7. The minimum absolute atomic E-state index is 0.0491. The van der Waals surface area contributed by atoms with Crippen LogP contribution in [0.1, 0.15) is 12.0 Å². The van der Waals surface area contributed by atoms with Crippen LogP contribution < -0.4 is 4.72 Å². The van der Waals surface area contributed by atoms with Gasteiger partial charge in [0.25, 0.3) is 0 Å². The zero-order valence-electron chi connectivity index (χ0n) is 13.3. The van der Waals surface area contributed by atoms with Crippen molar-refractivity contribution in [1.82, 2.24) is 9.62 Å². The lowest BCUT2D eigenvalue weighted by atomic mass is 10.1. The summed E-state index contributed by atoms with van der Waals surface area (Å²) in [6.45, 7) is 0.634. The third-order valence-electron chi connectivity index (χ3n) is 3.82. The molecule has 1 fully saturated rings. The molecular weight excluding hydrogens is 336 g/mol. The first-order chi connectivity index (χ1) is 11.3. The maximum atomic E-state index is 12.2. The minimum Gasteiger partial charge on any atom is -0.479 e. The highest BCUT2D eigenvalue weighted by Crippen LogP contribution is 2.13. The van der Waals surface area contributed by atoms with Crippen molar-refractivity contribution in [2.24, 2.45) is 0 Å². The molecule has 0 radical (unpaired) electrons. The number of aliphatic carboxylic acids is 1. The van der Waals surface area contributed by atoms with Crippen molar-refractivity contribution in [2.45, 2.75) is 23.8 Å². The van der Waals surface area contributed by atoms with Gasteiger partial charge >= 0.3 is 5.97 Å². The maximum Gasteiger partial charge on any atom is 0.334 e. The van der Waals surface area contributed by atoms with Crippen LogP contribution in [-0.2, 0) is 30.8 Å². The summed E-state index contributed by atoms with van der Waals surface area (Å²) in [7, 11) is -2.13. The van der Waals surface area contributed by atoms with Gasteiger partial charge in [-0.05, 0) is 31.2 Å². The third kappa shape index (κ3) is 4.53. The van der Waals surface area contributed by atoms with Gasteiger partial charge in [0.2, 0.25) is 15.9 Å². The molecular formula is C15H20N2O6S. The van der Waals surface area contributed by atoms with Crippen molar-refractivity contribution in [3.63, 3.8) is 0 Å². The molecule has 0 bridgehead atoms. The molecule has 1 atom stereocenters. The van der Waals surface area contributed by atoms with Gasteiger partial charge in [-0.15, -0.1) is 0 Å². The fourth-order valence-corrected chi connectivity index (χ4v) is 3.12. The number of nitrogens with one attached hydrogen (secondary N) is 1. The lowest BCUT2D eigenvalue weighted by molar-refractivity contribution is -0.159. The third-order valence-corrected chi connectivity index (χ3v) is 5.25. The number of nitrogens with zero attached hydrogens (tertiary/aromatic N) is 1.